The average Bonchev–Trinajstić information content (AvgIpc) is 2.34. The Morgan fingerprint density at radius 2 is 2.27 bits per heavy atom. The number of thiophene rings is 1. The highest BCUT2D eigenvalue weighted by molar-refractivity contribution is 7.16. The minimum atomic E-state index is -0.742. The van der Waals surface area contributed by atoms with Gasteiger partial charge in [0.2, 0.25) is 5.24 Å². The molecule has 0 fully saturated rings. The molecule has 1 rings (SSSR count). The van der Waals surface area contributed by atoms with E-state index >= 15 is 0 Å². The van der Waals surface area contributed by atoms with Crippen LogP contribution in [0.4, 0.5) is 0 Å². The van der Waals surface area contributed by atoms with E-state index in [2.05, 4.69) is 0 Å². The van der Waals surface area contributed by atoms with Gasteiger partial charge in [-0.1, -0.05) is 11.6 Å². The van der Waals surface area contributed by atoms with Crippen molar-refractivity contribution in [3.8, 4) is 0 Å². The predicted octanol–water partition coefficient (Wildman–Crippen LogP) is 2.17. The SMILES string of the molecule is NC(C(=O)Cl)c1ccc(Cl)s1. The van der Waals surface area contributed by atoms with Crippen molar-refractivity contribution in [1.82, 2.24) is 0 Å². The molecule has 0 aliphatic carbocycles. The zero-order valence-electron chi connectivity index (χ0n) is 5.38. The summed E-state index contributed by atoms with van der Waals surface area (Å²) >= 11 is 12.0. The average molecular weight is 210 g/mol. The van der Waals surface area contributed by atoms with E-state index in [9.17, 15) is 4.79 Å². The molecule has 0 radical (unpaired) electrons. The number of halogens is 2. The summed E-state index contributed by atoms with van der Waals surface area (Å²) in [6.07, 6.45) is 0. The van der Waals surface area contributed by atoms with Crippen molar-refractivity contribution >= 4 is 39.8 Å². The molecule has 60 valence electrons. The molecule has 0 aliphatic rings. The molecule has 0 amide bonds. The van der Waals surface area contributed by atoms with Gasteiger partial charge in [0.1, 0.15) is 6.04 Å². The number of hydrogen-bond donors (Lipinski definition) is 1. The largest absolute Gasteiger partial charge is 0.316 e. The van der Waals surface area contributed by atoms with Crippen LogP contribution in [-0.4, -0.2) is 5.24 Å². The fourth-order valence-corrected chi connectivity index (χ4v) is 1.85. The Kier molecular flexibility index (Phi) is 2.90. The quantitative estimate of drug-likeness (QED) is 0.760. The molecule has 0 bridgehead atoms. The second kappa shape index (κ2) is 3.54. The third kappa shape index (κ3) is 2.17. The lowest BCUT2D eigenvalue weighted by molar-refractivity contribution is -0.112. The van der Waals surface area contributed by atoms with Crippen molar-refractivity contribution in [2.75, 3.05) is 0 Å². The molecule has 11 heavy (non-hydrogen) atoms. The first-order valence-electron chi connectivity index (χ1n) is 2.81. The smallest absolute Gasteiger partial charge is 0.243 e. The number of nitrogens with two attached hydrogens (primary N) is 1. The van der Waals surface area contributed by atoms with E-state index in [1.807, 2.05) is 0 Å². The number of carbonyl (C=O) groups is 1. The summed E-state index contributed by atoms with van der Waals surface area (Å²) in [6.45, 7) is 0. The third-order valence-electron chi connectivity index (χ3n) is 1.15. The first-order chi connectivity index (χ1) is 5.11. The summed E-state index contributed by atoms with van der Waals surface area (Å²) in [6, 6.07) is 2.63. The Morgan fingerprint density at radius 3 is 2.64 bits per heavy atom. The number of hydrogen-bond acceptors (Lipinski definition) is 3. The van der Waals surface area contributed by atoms with Crippen LogP contribution in [0.2, 0.25) is 4.34 Å². The molecule has 0 saturated heterocycles. The molecular formula is C6H5Cl2NOS. The third-order valence-corrected chi connectivity index (χ3v) is 2.69. The Bertz CT molecular complexity index is 273. The van der Waals surface area contributed by atoms with Crippen LogP contribution in [-0.2, 0) is 4.79 Å². The molecule has 2 nitrogen and oxygen atoms in total. The van der Waals surface area contributed by atoms with Crippen LogP contribution in [0, 0.1) is 0 Å². The molecule has 5 heteroatoms. The van der Waals surface area contributed by atoms with E-state index in [0.717, 1.165) is 0 Å². The van der Waals surface area contributed by atoms with Crippen LogP contribution in [0.1, 0.15) is 10.9 Å². The highest BCUT2D eigenvalue weighted by Gasteiger charge is 2.14. The van der Waals surface area contributed by atoms with E-state index in [1.54, 1.807) is 12.1 Å². The summed E-state index contributed by atoms with van der Waals surface area (Å²) in [4.78, 5) is 11.2. The van der Waals surface area contributed by atoms with Gasteiger partial charge in [0, 0.05) is 4.88 Å². The Morgan fingerprint density at radius 1 is 1.64 bits per heavy atom. The van der Waals surface area contributed by atoms with Crippen molar-refractivity contribution in [2.24, 2.45) is 5.73 Å². The molecule has 1 aromatic rings. The molecule has 0 spiro atoms. The van der Waals surface area contributed by atoms with Gasteiger partial charge < -0.3 is 5.73 Å². The standard InChI is InChI=1S/C6H5Cl2NOS/c7-4-2-1-3(11-4)5(9)6(8)10/h1-2,5H,9H2. The minimum absolute atomic E-state index is 0.566. The van der Waals surface area contributed by atoms with E-state index in [1.165, 1.54) is 11.3 Å². The van der Waals surface area contributed by atoms with Crippen LogP contribution in [0.3, 0.4) is 0 Å². The Balaban J connectivity index is 2.84. The lowest BCUT2D eigenvalue weighted by atomic mass is 10.3. The molecule has 0 aliphatic heterocycles. The lowest BCUT2D eigenvalue weighted by Crippen LogP contribution is -2.15. The summed E-state index contributed by atoms with van der Waals surface area (Å²) < 4.78 is 0.605. The van der Waals surface area contributed by atoms with Crippen LogP contribution in [0.5, 0.6) is 0 Å². The minimum Gasteiger partial charge on any atom is -0.316 e. The normalized spacial score (nSPS) is 13.0. The van der Waals surface area contributed by atoms with Crippen molar-refractivity contribution in [3.63, 3.8) is 0 Å². The highest BCUT2D eigenvalue weighted by atomic mass is 35.5. The fraction of sp³-hybridized carbons (Fsp3) is 0.167. The van der Waals surface area contributed by atoms with Crippen molar-refractivity contribution in [3.05, 3.63) is 21.3 Å². The topological polar surface area (TPSA) is 43.1 Å². The maximum atomic E-state index is 10.6. The molecule has 0 aromatic carbocycles. The van der Waals surface area contributed by atoms with Crippen molar-refractivity contribution < 1.29 is 4.79 Å². The maximum absolute atomic E-state index is 10.6. The van der Waals surface area contributed by atoms with E-state index in [4.69, 9.17) is 28.9 Å². The monoisotopic (exact) mass is 209 g/mol. The van der Waals surface area contributed by atoms with Gasteiger partial charge in [0.05, 0.1) is 4.34 Å². The van der Waals surface area contributed by atoms with Gasteiger partial charge in [0.25, 0.3) is 0 Å². The maximum Gasteiger partial charge on any atom is 0.243 e. The zero-order chi connectivity index (χ0) is 8.43. The number of rotatable bonds is 2. The lowest BCUT2D eigenvalue weighted by Gasteiger charge is -2.00. The van der Waals surface area contributed by atoms with Crippen molar-refractivity contribution in [1.29, 1.82) is 0 Å². The van der Waals surface area contributed by atoms with Gasteiger partial charge in [-0.15, -0.1) is 11.3 Å². The highest BCUT2D eigenvalue weighted by Crippen LogP contribution is 2.26. The van der Waals surface area contributed by atoms with E-state index in [-0.39, 0.29) is 0 Å². The molecule has 1 unspecified atom stereocenters. The van der Waals surface area contributed by atoms with Gasteiger partial charge in [0.15, 0.2) is 0 Å². The van der Waals surface area contributed by atoms with Crippen molar-refractivity contribution in [2.45, 2.75) is 6.04 Å². The molecular weight excluding hydrogens is 205 g/mol. The molecule has 1 heterocycles. The summed E-state index contributed by atoms with van der Waals surface area (Å²) in [5.41, 5.74) is 5.42. The van der Waals surface area contributed by atoms with Crippen LogP contribution < -0.4 is 5.73 Å². The molecule has 2 N–H and O–H groups in total. The Hall–Kier alpha value is -0.0900. The molecule has 1 atom stereocenters. The van der Waals surface area contributed by atoms with E-state index < -0.39 is 11.3 Å². The van der Waals surface area contributed by atoms with Crippen LogP contribution in [0.25, 0.3) is 0 Å². The zero-order valence-corrected chi connectivity index (χ0v) is 7.71. The second-order valence-electron chi connectivity index (χ2n) is 1.92. The van der Waals surface area contributed by atoms with Crippen LogP contribution >= 0.6 is 34.5 Å². The number of carbonyl (C=O) groups excluding carboxylic acids is 1. The first-order valence-corrected chi connectivity index (χ1v) is 4.38. The molecule has 1 aromatic heterocycles. The second-order valence-corrected chi connectivity index (χ2v) is 4.04. The van der Waals surface area contributed by atoms with Gasteiger partial charge >= 0.3 is 0 Å². The van der Waals surface area contributed by atoms with Gasteiger partial charge in [-0.3, -0.25) is 4.79 Å². The summed E-state index contributed by atoms with van der Waals surface area (Å²) in [5.74, 6) is 0. The predicted molar refractivity (Wildman–Crippen MR) is 47.1 cm³/mol. The Labute approximate surface area is 77.9 Å². The van der Waals surface area contributed by atoms with Crippen LogP contribution in [0.15, 0.2) is 12.1 Å². The fourth-order valence-electron chi connectivity index (χ4n) is 0.607. The molecule has 0 saturated carbocycles. The van der Waals surface area contributed by atoms with E-state index in [0.29, 0.717) is 9.21 Å². The first kappa shape index (κ1) is 9.00. The van der Waals surface area contributed by atoms with Gasteiger partial charge in [-0.25, -0.2) is 0 Å². The van der Waals surface area contributed by atoms with Gasteiger partial charge in [-0.2, -0.15) is 0 Å². The van der Waals surface area contributed by atoms with Gasteiger partial charge in [-0.05, 0) is 23.7 Å². The summed E-state index contributed by atoms with van der Waals surface area (Å²) in [5, 5.41) is -0.566. The summed E-state index contributed by atoms with van der Waals surface area (Å²) in [7, 11) is 0.